The molecule has 2 aliphatic heterocycles. The van der Waals surface area contributed by atoms with Crippen LogP contribution >= 0.6 is 0 Å². The molecule has 3 amide bonds. The predicted octanol–water partition coefficient (Wildman–Crippen LogP) is 5.93. The highest BCUT2D eigenvalue weighted by molar-refractivity contribution is 6.45. The monoisotopic (exact) mass is 799 g/mol. The maximum Gasteiger partial charge on any atom is 0.514 e. The predicted molar refractivity (Wildman–Crippen MR) is 210 cm³/mol. The zero-order chi connectivity index (χ0) is 42.6. The Morgan fingerprint density at radius 3 is 2.11 bits per heavy atom. The second-order valence-electron chi connectivity index (χ2n) is 19.7. The van der Waals surface area contributed by atoms with Gasteiger partial charge in [-0.15, -0.1) is 0 Å². The highest BCUT2D eigenvalue weighted by Crippen LogP contribution is 2.65. The van der Waals surface area contributed by atoms with Crippen LogP contribution in [0.3, 0.4) is 0 Å². The largest absolute Gasteiger partial charge is 0.514 e. The van der Waals surface area contributed by atoms with E-state index in [1.807, 2.05) is 0 Å². The lowest BCUT2D eigenvalue weighted by Gasteiger charge is -2.64. The number of amides is 3. The van der Waals surface area contributed by atoms with Gasteiger partial charge >= 0.3 is 25.3 Å². The minimum absolute atomic E-state index is 0.0115. The lowest BCUT2D eigenvalue weighted by molar-refractivity contribution is -0.199. The maximum absolute atomic E-state index is 14.0. The molecule has 0 spiro atoms. The summed E-state index contributed by atoms with van der Waals surface area (Å²) < 4.78 is 42.1. The van der Waals surface area contributed by atoms with Gasteiger partial charge in [0.15, 0.2) is 5.75 Å². The van der Waals surface area contributed by atoms with E-state index >= 15 is 0 Å². The van der Waals surface area contributed by atoms with Gasteiger partial charge in [-0.05, 0) is 124 Å². The number of carbonyl (C=O) groups excluding carboxylic acids is 5. The number of esters is 1. The van der Waals surface area contributed by atoms with Crippen LogP contribution in [0.5, 0.6) is 11.5 Å². The molecule has 6 rings (SSSR count). The molecule has 5 fully saturated rings. The van der Waals surface area contributed by atoms with Gasteiger partial charge < -0.3 is 43.6 Å². The van der Waals surface area contributed by atoms with E-state index in [-0.39, 0.29) is 41.7 Å². The first-order valence-electron chi connectivity index (χ1n) is 19.9. The Morgan fingerprint density at radius 2 is 1.54 bits per heavy atom. The zero-order valence-electron chi connectivity index (χ0n) is 35.9. The van der Waals surface area contributed by atoms with Crippen molar-refractivity contribution in [2.45, 2.75) is 156 Å². The summed E-state index contributed by atoms with van der Waals surface area (Å²) in [6, 6.07) is 2.12. The minimum atomic E-state index is -1.21. The number of nitrogens with two attached hydrogens (primary N) is 1. The Hall–Kier alpha value is -4.05. The van der Waals surface area contributed by atoms with Gasteiger partial charge in [0.2, 0.25) is 11.8 Å². The summed E-state index contributed by atoms with van der Waals surface area (Å²) in [5, 5.41) is 0. The molecule has 1 aromatic rings. The molecule has 3 saturated carbocycles. The molecule has 5 atom stereocenters. The summed E-state index contributed by atoms with van der Waals surface area (Å²) in [6.45, 7) is 22.2. The summed E-state index contributed by atoms with van der Waals surface area (Å²) in [4.78, 5) is 68.2. The normalized spacial score (nSPS) is 24.6. The molecule has 1 aromatic carbocycles. The summed E-state index contributed by atoms with van der Waals surface area (Å²) in [7, 11) is 0.868. The number of hydrogen-bond donors (Lipinski definition) is 1. The van der Waals surface area contributed by atoms with Gasteiger partial charge in [-0.1, -0.05) is 19.9 Å². The molecule has 0 aromatic heterocycles. The standard InChI is InChI=1S/C41H62BN3O12/c1-37(2,3)53-34(48)31-27(51-25-21-45(22-25)33(47)26(20-30(43)46)44(13)35(49)54-38(4,5)6)15-14-23(32(31)52-36(50)55-39(7,8)9)16-17-42-56-29-19-24-18-28(40(24,10)11)41(29,12)57-42/h14-15,24-26,28-29H,16-22H2,1-13H3,(H2,43,46)/t24-,26+,28-,29+,41-/m0/s1. The third kappa shape index (κ3) is 9.98. The Kier molecular flexibility index (Phi) is 12.1. The molecule has 5 aliphatic rings. The molecular weight excluding hydrogens is 737 g/mol. The van der Waals surface area contributed by atoms with Crippen molar-refractivity contribution in [2.24, 2.45) is 23.0 Å². The van der Waals surface area contributed by atoms with Gasteiger partial charge in [-0.2, -0.15) is 0 Å². The fourth-order valence-electron chi connectivity index (χ4n) is 8.37. The zero-order valence-corrected chi connectivity index (χ0v) is 35.9. The first-order chi connectivity index (χ1) is 26.1. The number of rotatable bonds is 11. The molecule has 0 unspecified atom stereocenters. The number of benzene rings is 1. The summed E-state index contributed by atoms with van der Waals surface area (Å²) >= 11 is 0. The van der Waals surface area contributed by atoms with Crippen molar-refractivity contribution in [1.29, 1.82) is 0 Å². The van der Waals surface area contributed by atoms with E-state index in [1.54, 1.807) is 74.4 Å². The van der Waals surface area contributed by atoms with Crippen LogP contribution in [0.25, 0.3) is 0 Å². The summed E-state index contributed by atoms with van der Waals surface area (Å²) in [5.41, 5.74) is 2.98. The van der Waals surface area contributed by atoms with Crippen LogP contribution in [0.1, 0.15) is 118 Å². The van der Waals surface area contributed by atoms with Crippen LogP contribution in [0.4, 0.5) is 9.59 Å². The van der Waals surface area contributed by atoms with Crippen molar-refractivity contribution in [3.05, 3.63) is 23.3 Å². The highest BCUT2D eigenvalue weighted by Gasteiger charge is 2.67. The third-order valence-corrected chi connectivity index (χ3v) is 11.3. The Labute approximate surface area is 337 Å². The van der Waals surface area contributed by atoms with Crippen molar-refractivity contribution >= 4 is 37.2 Å². The van der Waals surface area contributed by atoms with Gasteiger partial charge in [0.05, 0.1) is 31.2 Å². The second-order valence-corrected chi connectivity index (χ2v) is 19.7. The van der Waals surface area contributed by atoms with E-state index in [0.29, 0.717) is 30.1 Å². The van der Waals surface area contributed by atoms with E-state index in [0.717, 1.165) is 17.7 Å². The van der Waals surface area contributed by atoms with Crippen LogP contribution in [0.15, 0.2) is 12.1 Å². The first kappa shape index (κ1) is 44.1. The van der Waals surface area contributed by atoms with E-state index in [1.165, 1.54) is 11.9 Å². The van der Waals surface area contributed by atoms with Crippen molar-refractivity contribution < 1.29 is 57.0 Å². The van der Waals surface area contributed by atoms with Crippen molar-refractivity contribution in [2.75, 3.05) is 20.1 Å². The van der Waals surface area contributed by atoms with Gasteiger partial charge in [-0.25, -0.2) is 14.4 Å². The Bertz CT molecular complexity index is 1740. The molecule has 2 N–H and O–H groups in total. The lowest BCUT2D eigenvalue weighted by atomic mass is 9.43. The van der Waals surface area contributed by atoms with Crippen LogP contribution < -0.4 is 15.2 Å². The second kappa shape index (κ2) is 15.6. The van der Waals surface area contributed by atoms with E-state index in [2.05, 4.69) is 20.8 Å². The van der Waals surface area contributed by atoms with Crippen molar-refractivity contribution in [3.8, 4) is 11.5 Å². The number of hydrogen-bond acceptors (Lipinski definition) is 12. The molecule has 2 heterocycles. The molecule has 15 nitrogen and oxygen atoms in total. The Morgan fingerprint density at radius 1 is 0.930 bits per heavy atom. The Balaban J connectivity index is 1.39. The number of carbonyl (C=O) groups is 5. The SMILES string of the molecule is CN(C(=O)OC(C)(C)C)[C@H](CC(N)=O)C(=O)N1CC(Oc2ccc(CCB3O[C@@H]4C[C@@H]5C[C@@H](C5(C)C)[C@]4(C)O3)c(OC(=O)OC(C)(C)C)c2C(=O)OC(C)(C)C)C1. The summed E-state index contributed by atoms with van der Waals surface area (Å²) in [6.07, 6.45) is -0.0439. The molecule has 57 heavy (non-hydrogen) atoms. The summed E-state index contributed by atoms with van der Waals surface area (Å²) in [5.74, 6) is -1.11. The number of ether oxygens (including phenoxy) is 5. The van der Waals surface area contributed by atoms with Crippen molar-refractivity contribution in [1.82, 2.24) is 9.80 Å². The van der Waals surface area contributed by atoms with Crippen LogP contribution in [-0.4, -0.2) is 108 Å². The van der Waals surface area contributed by atoms with Crippen molar-refractivity contribution in [3.63, 3.8) is 0 Å². The lowest BCUT2D eigenvalue weighted by Crippen LogP contribution is -2.65. The van der Waals surface area contributed by atoms with Gasteiger partial charge in [0.25, 0.3) is 0 Å². The molecule has 2 saturated heterocycles. The van der Waals surface area contributed by atoms with Gasteiger partial charge in [0, 0.05) is 7.05 Å². The van der Waals surface area contributed by atoms with Crippen LogP contribution in [-0.2, 0) is 39.5 Å². The van der Waals surface area contributed by atoms with Crippen LogP contribution in [0.2, 0.25) is 6.32 Å². The number of aryl methyl sites for hydroxylation is 1. The quantitative estimate of drug-likeness (QED) is 0.121. The molecule has 3 aliphatic carbocycles. The van der Waals surface area contributed by atoms with Gasteiger partial charge in [0.1, 0.15) is 40.3 Å². The van der Waals surface area contributed by atoms with E-state index in [9.17, 15) is 24.0 Å². The molecule has 2 bridgehead atoms. The van der Waals surface area contributed by atoms with E-state index in [4.69, 9.17) is 38.7 Å². The number of likely N-dealkylation sites (tertiary alicyclic amines) is 1. The minimum Gasteiger partial charge on any atom is -0.486 e. The number of likely N-dealkylation sites (N-methyl/N-ethyl adjacent to an activating group) is 1. The number of primary amides is 1. The molecular formula is C41H62BN3O12. The number of nitrogens with zero attached hydrogens (tertiary/aromatic N) is 2. The smallest absolute Gasteiger partial charge is 0.486 e. The third-order valence-electron chi connectivity index (χ3n) is 11.3. The van der Waals surface area contributed by atoms with Gasteiger partial charge in [-0.3, -0.25) is 14.5 Å². The average molecular weight is 800 g/mol. The topological polar surface area (TPSA) is 182 Å². The molecule has 16 heteroatoms. The fourth-order valence-corrected chi connectivity index (χ4v) is 8.37. The molecule has 316 valence electrons. The maximum atomic E-state index is 14.0. The van der Waals surface area contributed by atoms with Crippen LogP contribution in [0, 0.1) is 17.3 Å². The average Bonchev–Trinajstić information content (AvgIpc) is 3.37. The molecule has 0 radical (unpaired) electrons. The first-order valence-corrected chi connectivity index (χ1v) is 19.9. The highest BCUT2D eigenvalue weighted by atomic mass is 16.7. The van der Waals surface area contributed by atoms with E-state index < -0.39 is 78.1 Å². The fraction of sp³-hybridized carbons (Fsp3) is 0.732.